The number of rotatable bonds is 6. The van der Waals surface area contributed by atoms with Crippen LogP contribution < -0.4 is 9.64 Å². The van der Waals surface area contributed by atoms with Gasteiger partial charge in [-0.25, -0.2) is 4.68 Å². The number of nitrogens with zero attached hydrogens (tertiary/aromatic N) is 4. The SMILES string of the molecule is COc1cc(N(Cc2cccc(Cl)c2)C(=O)Cn2nnc3ccccc32)ccc1Br. The monoisotopic (exact) mass is 484 g/mol. The Bertz CT molecular complexity index is 1210. The summed E-state index contributed by atoms with van der Waals surface area (Å²) in [5.74, 6) is 0.512. The summed E-state index contributed by atoms with van der Waals surface area (Å²) in [6, 6.07) is 20.6. The van der Waals surface area contributed by atoms with E-state index in [1.54, 1.807) is 22.8 Å². The molecule has 0 aliphatic heterocycles. The van der Waals surface area contributed by atoms with Gasteiger partial charge >= 0.3 is 0 Å². The van der Waals surface area contributed by atoms with E-state index in [4.69, 9.17) is 16.3 Å². The number of fused-ring (bicyclic) bond motifs is 1. The Labute approximate surface area is 187 Å². The minimum absolute atomic E-state index is 0.0550. The quantitative estimate of drug-likeness (QED) is 0.382. The van der Waals surface area contributed by atoms with E-state index in [1.165, 1.54) is 0 Å². The predicted molar refractivity (Wildman–Crippen MR) is 121 cm³/mol. The predicted octanol–water partition coefficient (Wildman–Crippen LogP) is 5.09. The van der Waals surface area contributed by atoms with Gasteiger partial charge in [-0.3, -0.25) is 4.79 Å². The molecule has 1 amide bonds. The molecule has 4 rings (SSSR count). The molecule has 0 unspecified atom stereocenters. The Balaban J connectivity index is 1.69. The molecule has 0 N–H and O–H groups in total. The molecule has 0 saturated heterocycles. The van der Waals surface area contributed by atoms with E-state index in [2.05, 4.69) is 26.2 Å². The number of hydrogen-bond acceptors (Lipinski definition) is 4. The maximum absolute atomic E-state index is 13.4. The number of aromatic nitrogens is 3. The van der Waals surface area contributed by atoms with Crippen LogP contribution in [0.25, 0.3) is 11.0 Å². The van der Waals surface area contributed by atoms with Gasteiger partial charge in [0.25, 0.3) is 0 Å². The molecule has 0 radical (unpaired) electrons. The summed E-state index contributed by atoms with van der Waals surface area (Å²) < 4.78 is 7.84. The van der Waals surface area contributed by atoms with Crippen LogP contribution in [0.2, 0.25) is 5.02 Å². The van der Waals surface area contributed by atoms with Gasteiger partial charge in [-0.05, 0) is 57.9 Å². The van der Waals surface area contributed by atoms with Gasteiger partial charge in [-0.1, -0.05) is 41.1 Å². The summed E-state index contributed by atoms with van der Waals surface area (Å²) in [6.07, 6.45) is 0. The molecule has 0 aliphatic carbocycles. The van der Waals surface area contributed by atoms with E-state index in [-0.39, 0.29) is 12.5 Å². The van der Waals surface area contributed by atoms with Gasteiger partial charge in [0.05, 0.1) is 23.6 Å². The second-order valence-corrected chi connectivity index (χ2v) is 7.96. The van der Waals surface area contributed by atoms with Gasteiger partial charge in [0, 0.05) is 16.8 Å². The molecule has 0 fully saturated rings. The molecule has 0 bridgehead atoms. The second kappa shape index (κ2) is 8.85. The minimum atomic E-state index is -0.130. The topological polar surface area (TPSA) is 60.2 Å². The third kappa shape index (κ3) is 4.32. The maximum atomic E-state index is 13.4. The zero-order chi connectivity index (χ0) is 21.1. The van der Waals surface area contributed by atoms with E-state index >= 15 is 0 Å². The first kappa shape index (κ1) is 20.4. The lowest BCUT2D eigenvalue weighted by Crippen LogP contribution is -2.33. The second-order valence-electron chi connectivity index (χ2n) is 6.66. The highest BCUT2D eigenvalue weighted by Gasteiger charge is 2.20. The molecule has 6 nitrogen and oxygen atoms in total. The highest BCUT2D eigenvalue weighted by Crippen LogP contribution is 2.31. The van der Waals surface area contributed by atoms with Crippen molar-refractivity contribution < 1.29 is 9.53 Å². The van der Waals surface area contributed by atoms with Crippen molar-refractivity contribution in [3.05, 3.63) is 81.8 Å². The van der Waals surface area contributed by atoms with Crippen LogP contribution in [0.15, 0.2) is 71.2 Å². The zero-order valence-corrected chi connectivity index (χ0v) is 18.5. The minimum Gasteiger partial charge on any atom is -0.495 e. The van der Waals surface area contributed by atoms with E-state index in [1.807, 2.05) is 60.7 Å². The molecule has 4 aromatic rings. The fraction of sp³-hybridized carbons (Fsp3) is 0.136. The van der Waals surface area contributed by atoms with Crippen LogP contribution in [0, 0.1) is 0 Å². The normalized spacial score (nSPS) is 10.9. The maximum Gasteiger partial charge on any atom is 0.249 e. The molecule has 8 heteroatoms. The van der Waals surface area contributed by atoms with Crippen molar-refractivity contribution in [3.8, 4) is 5.75 Å². The molecular weight excluding hydrogens is 468 g/mol. The van der Waals surface area contributed by atoms with Crippen LogP contribution in [0.3, 0.4) is 0 Å². The van der Waals surface area contributed by atoms with Gasteiger partial charge < -0.3 is 9.64 Å². The number of amides is 1. The molecular formula is C22H18BrClN4O2. The Morgan fingerprint density at radius 1 is 1.13 bits per heavy atom. The fourth-order valence-corrected chi connectivity index (χ4v) is 3.83. The number of para-hydroxylation sites is 1. The van der Waals surface area contributed by atoms with E-state index in [9.17, 15) is 4.79 Å². The average Bonchev–Trinajstić information content (AvgIpc) is 3.15. The van der Waals surface area contributed by atoms with Crippen molar-refractivity contribution in [3.63, 3.8) is 0 Å². The van der Waals surface area contributed by atoms with Gasteiger partial charge in [-0.15, -0.1) is 5.10 Å². The van der Waals surface area contributed by atoms with E-state index in [0.29, 0.717) is 23.0 Å². The zero-order valence-electron chi connectivity index (χ0n) is 16.1. The first-order chi connectivity index (χ1) is 14.5. The summed E-state index contributed by atoms with van der Waals surface area (Å²) in [7, 11) is 1.59. The largest absolute Gasteiger partial charge is 0.495 e. The molecule has 30 heavy (non-hydrogen) atoms. The lowest BCUT2D eigenvalue weighted by atomic mass is 10.2. The van der Waals surface area contributed by atoms with Crippen molar-refractivity contribution in [2.24, 2.45) is 0 Å². The summed E-state index contributed by atoms with van der Waals surface area (Å²) in [4.78, 5) is 15.1. The molecule has 0 saturated carbocycles. The lowest BCUT2D eigenvalue weighted by Gasteiger charge is -2.24. The van der Waals surface area contributed by atoms with Crippen LogP contribution in [0.5, 0.6) is 5.75 Å². The van der Waals surface area contributed by atoms with E-state index < -0.39 is 0 Å². The van der Waals surface area contributed by atoms with Crippen LogP contribution in [0.4, 0.5) is 5.69 Å². The van der Waals surface area contributed by atoms with Crippen LogP contribution in [0.1, 0.15) is 5.56 Å². The van der Waals surface area contributed by atoms with Crippen molar-refractivity contribution in [2.45, 2.75) is 13.1 Å². The summed E-state index contributed by atoms with van der Waals surface area (Å²) in [5.41, 5.74) is 3.18. The molecule has 0 spiro atoms. The van der Waals surface area contributed by atoms with Gasteiger partial charge in [0.15, 0.2) is 0 Å². The summed E-state index contributed by atoms with van der Waals surface area (Å²) in [6.45, 7) is 0.413. The molecule has 1 aromatic heterocycles. The molecule has 1 heterocycles. The summed E-state index contributed by atoms with van der Waals surface area (Å²) >= 11 is 9.61. The Morgan fingerprint density at radius 3 is 2.77 bits per heavy atom. The number of benzene rings is 3. The average molecular weight is 486 g/mol. The van der Waals surface area contributed by atoms with Gasteiger partial charge in [0.2, 0.25) is 5.91 Å². The number of halogens is 2. The van der Waals surface area contributed by atoms with Crippen molar-refractivity contribution in [1.29, 1.82) is 0 Å². The van der Waals surface area contributed by atoms with Crippen LogP contribution in [-0.4, -0.2) is 28.0 Å². The third-order valence-corrected chi connectivity index (χ3v) is 5.57. The lowest BCUT2D eigenvalue weighted by molar-refractivity contribution is -0.119. The number of ether oxygens (including phenoxy) is 1. The number of methoxy groups -OCH3 is 1. The van der Waals surface area contributed by atoms with E-state index in [0.717, 1.165) is 21.1 Å². The summed E-state index contributed by atoms with van der Waals surface area (Å²) in [5, 5.41) is 8.90. The fourth-order valence-electron chi connectivity index (χ4n) is 3.21. The molecule has 3 aromatic carbocycles. The van der Waals surface area contributed by atoms with Crippen molar-refractivity contribution in [2.75, 3.05) is 12.0 Å². The Morgan fingerprint density at radius 2 is 1.97 bits per heavy atom. The number of anilines is 1. The Kier molecular flexibility index (Phi) is 6.01. The van der Waals surface area contributed by atoms with Gasteiger partial charge in [-0.2, -0.15) is 0 Å². The number of hydrogen-bond donors (Lipinski definition) is 0. The number of carbonyl (C=O) groups is 1. The first-order valence-corrected chi connectivity index (χ1v) is 10.4. The molecule has 0 aliphatic rings. The number of carbonyl (C=O) groups excluding carboxylic acids is 1. The molecule has 0 atom stereocenters. The van der Waals surface area contributed by atoms with Crippen molar-refractivity contribution >= 4 is 50.2 Å². The highest BCUT2D eigenvalue weighted by atomic mass is 79.9. The highest BCUT2D eigenvalue weighted by molar-refractivity contribution is 9.10. The standard InChI is InChI=1S/C22H18BrClN4O2/c1-30-21-12-17(9-10-18(21)23)27(13-15-5-4-6-16(24)11-15)22(29)14-28-20-8-3-2-7-19(20)25-26-28/h2-12H,13-14H2,1H3. The van der Waals surface area contributed by atoms with Crippen molar-refractivity contribution in [1.82, 2.24) is 15.0 Å². The molecule has 152 valence electrons. The first-order valence-electron chi connectivity index (χ1n) is 9.22. The smallest absolute Gasteiger partial charge is 0.249 e. The van der Waals surface area contributed by atoms with Gasteiger partial charge in [0.1, 0.15) is 17.8 Å². The Hall–Kier alpha value is -2.90. The third-order valence-electron chi connectivity index (χ3n) is 4.68. The van der Waals surface area contributed by atoms with Crippen LogP contribution >= 0.6 is 27.5 Å². The van der Waals surface area contributed by atoms with Crippen LogP contribution in [-0.2, 0) is 17.9 Å².